The monoisotopic (exact) mass is 323 g/mol. The molecule has 118 valence electrons. The van der Waals surface area contributed by atoms with Crippen molar-refractivity contribution in [2.45, 2.75) is 25.9 Å². The van der Waals surface area contributed by atoms with Crippen molar-refractivity contribution in [1.29, 1.82) is 0 Å². The number of H-pyrrole nitrogens is 1. The Morgan fingerprint density at radius 3 is 2.91 bits per heavy atom. The van der Waals surface area contributed by atoms with Crippen molar-refractivity contribution < 1.29 is 4.39 Å². The number of nitrogens with zero attached hydrogens (tertiary/aromatic N) is 1. The third-order valence-electron chi connectivity index (χ3n) is 3.15. The standard InChI is InChI=1S/C15H18FN3O2S/c1-11(12-4-2-5-13(16)10-12)18-22-9-3-7-19-8-6-14(20)17-15(19)21/h2,4-6,8,10-11,18H,3,7,9H2,1H3,(H,17,20,21). The quantitative estimate of drug-likeness (QED) is 0.605. The molecule has 0 aliphatic rings. The second-order valence-corrected chi connectivity index (χ2v) is 5.83. The van der Waals surface area contributed by atoms with Crippen LogP contribution in [0.1, 0.15) is 24.9 Å². The van der Waals surface area contributed by atoms with Crippen molar-refractivity contribution in [3.05, 3.63) is 68.7 Å². The molecule has 2 N–H and O–H groups in total. The van der Waals surface area contributed by atoms with Gasteiger partial charge in [-0.05, 0) is 31.0 Å². The molecule has 0 bridgehead atoms. The van der Waals surface area contributed by atoms with Crippen LogP contribution in [0.3, 0.4) is 0 Å². The SMILES string of the molecule is CC(NSCCCn1ccc(=O)[nH]c1=O)c1cccc(F)c1. The second kappa shape index (κ2) is 7.95. The molecule has 0 radical (unpaired) electrons. The predicted octanol–water partition coefficient (Wildman–Crippen LogP) is 2.06. The topological polar surface area (TPSA) is 66.9 Å². The molecule has 0 aliphatic heterocycles. The molecule has 1 aromatic carbocycles. The molecule has 0 amide bonds. The van der Waals surface area contributed by atoms with E-state index in [4.69, 9.17) is 0 Å². The number of hydrogen-bond acceptors (Lipinski definition) is 4. The van der Waals surface area contributed by atoms with E-state index in [0.29, 0.717) is 6.54 Å². The van der Waals surface area contributed by atoms with Crippen LogP contribution in [0.2, 0.25) is 0 Å². The second-order valence-electron chi connectivity index (χ2n) is 4.90. The molecule has 0 aliphatic carbocycles. The van der Waals surface area contributed by atoms with Gasteiger partial charge >= 0.3 is 5.69 Å². The van der Waals surface area contributed by atoms with Gasteiger partial charge in [0.1, 0.15) is 5.82 Å². The van der Waals surface area contributed by atoms with Crippen LogP contribution in [0.5, 0.6) is 0 Å². The Kier molecular flexibility index (Phi) is 5.97. The van der Waals surface area contributed by atoms with Gasteiger partial charge in [-0.25, -0.2) is 9.18 Å². The van der Waals surface area contributed by atoms with Gasteiger partial charge < -0.3 is 4.57 Å². The van der Waals surface area contributed by atoms with E-state index in [1.165, 1.54) is 40.9 Å². The highest BCUT2D eigenvalue weighted by atomic mass is 32.2. The maximum absolute atomic E-state index is 13.1. The van der Waals surface area contributed by atoms with Crippen LogP contribution in [-0.2, 0) is 6.54 Å². The molecule has 0 spiro atoms. The highest BCUT2D eigenvalue weighted by Crippen LogP contribution is 2.16. The fourth-order valence-electron chi connectivity index (χ4n) is 1.96. The molecule has 5 nitrogen and oxygen atoms in total. The molecule has 0 saturated heterocycles. The maximum Gasteiger partial charge on any atom is 0.328 e. The highest BCUT2D eigenvalue weighted by molar-refractivity contribution is 7.97. The van der Waals surface area contributed by atoms with Gasteiger partial charge in [-0.2, -0.15) is 0 Å². The lowest BCUT2D eigenvalue weighted by Crippen LogP contribution is -2.28. The van der Waals surface area contributed by atoms with E-state index in [1.54, 1.807) is 6.07 Å². The molecular formula is C15H18FN3O2S. The zero-order chi connectivity index (χ0) is 15.9. The summed E-state index contributed by atoms with van der Waals surface area (Å²) in [5.74, 6) is 0.555. The van der Waals surface area contributed by atoms with E-state index in [0.717, 1.165) is 17.7 Å². The Hall–Kier alpha value is -1.86. The molecule has 22 heavy (non-hydrogen) atoms. The van der Waals surface area contributed by atoms with Gasteiger partial charge in [-0.1, -0.05) is 24.1 Å². The first-order valence-corrected chi connectivity index (χ1v) is 7.97. The third-order valence-corrected chi connectivity index (χ3v) is 4.16. The summed E-state index contributed by atoms with van der Waals surface area (Å²) in [7, 11) is 0. The number of aromatic nitrogens is 2. The van der Waals surface area contributed by atoms with Gasteiger partial charge in [0.25, 0.3) is 5.56 Å². The zero-order valence-corrected chi connectivity index (χ0v) is 13.0. The Morgan fingerprint density at radius 2 is 2.18 bits per heavy atom. The molecule has 1 heterocycles. The first kappa shape index (κ1) is 16.5. The number of nitrogens with one attached hydrogen (secondary N) is 2. The Bertz CT molecular complexity index is 729. The number of halogens is 1. The van der Waals surface area contributed by atoms with E-state index >= 15 is 0 Å². The molecule has 1 unspecified atom stereocenters. The average Bonchev–Trinajstić information content (AvgIpc) is 2.48. The van der Waals surface area contributed by atoms with Crippen molar-refractivity contribution >= 4 is 11.9 Å². The lowest BCUT2D eigenvalue weighted by Gasteiger charge is -2.13. The number of hydrogen-bond donors (Lipinski definition) is 2. The fraction of sp³-hybridized carbons (Fsp3) is 0.333. The summed E-state index contributed by atoms with van der Waals surface area (Å²) in [6.45, 7) is 2.51. The van der Waals surface area contributed by atoms with Crippen LogP contribution in [0.15, 0.2) is 46.1 Å². The summed E-state index contributed by atoms with van der Waals surface area (Å²) in [5, 5.41) is 0. The van der Waals surface area contributed by atoms with Gasteiger partial charge in [0, 0.05) is 30.6 Å². The van der Waals surface area contributed by atoms with Crippen LogP contribution in [0.4, 0.5) is 4.39 Å². The minimum atomic E-state index is -0.390. The molecule has 1 aromatic heterocycles. The minimum absolute atomic E-state index is 0.0384. The summed E-state index contributed by atoms with van der Waals surface area (Å²) in [6.07, 6.45) is 2.27. The van der Waals surface area contributed by atoms with E-state index in [1.807, 2.05) is 13.0 Å². The Balaban J connectivity index is 1.73. The Morgan fingerprint density at radius 1 is 1.36 bits per heavy atom. The normalized spacial score (nSPS) is 12.3. The van der Waals surface area contributed by atoms with Gasteiger partial charge in [0.15, 0.2) is 0 Å². The summed E-state index contributed by atoms with van der Waals surface area (Å²) >= 11 is 1.53. The summed E-state index contributed by atoms with van der Waals surface area (Å²) in [6, 6.07) is 7.87. The van der Waals surface area contributed by atoms with Crippen LogP contribution in [-0.4, -0.2) is 15.3 Å². The summed E-state index contributed by atoms with van der Waals surface area (Å²) < 4.78 is 17.8. The maximum atomic E-state index is 13.1. The molecular weight excluding hydrogens is 305 g/mol. The van der Waals surface area contributed by atoms with Crippen molar-refractivity contribution in [1.82, 2.24) is 14.3 Å². The van der Waals surface area contributed by atoms with E-state index < -0.39 is 5.69 Å². The number of rotatable bonds is 7. The van der Waals surface area contributed by atoms with Gasteiger partial charge in [0.05, 0.1) is 0 Å². The van der Waals surface area contributed by atoms with E-state index in [-0.39, 0.29) is 17.4 Å². The van der Waals surface area contributed by atoms with E-state index in [9.17, 15) is 14.0 Å². The fourth-order valence-corrected chi connectivity index (χ4v) is 2.73. The first-order valence-electron chi connectivity index (χ1n) is 6.99. The third kappa shape index (κ3) is 4.85. The van der Waals surface area contributed by atoms with Crippen molar-refractivity contribution in [3.8, 4) is 0 Å². The molecule has 0 saturated carbocycles. The Labute approximate surface area is 131 Å². The van der Waals surface area contributed by atoms with Gasteiger partial charge in [-0.15, -0.1) is 0 Å². The summed E-state index contributed by atoms with van der Waals surface area (Å²) in [4.78, 5) is 24.6. The minimum Gasteiger partial charge on any atom is -0.301 e. The largest absolute Gasteiger partial charge is 0.328 e. The van der Waals surface area contributed by atoms with Gasteiger partial charge in [-0.3, -0.25) is 14.5 Å². The number of benzene rings is 1. The molecule has 2 rings (SSSR count). The van der Waals surface area contributed by atoms with Crippen molar-refractivity contribution in [3.63, 3.8) is 0 Å². The van der Waals surface area contributed by atoms with Gasteiger partial charge in [0.2, 0.25) is 0 Å². The molecule has 7 heteroatoms. The molecule has 1 atom stereocenters. The zero-order valence-electron chi connectivity index (χ0n) is 12.2. The van der Waals surface area contributed by atoms with Crippen LogP contribution < -0.4 is 16.0 Å². The number of aromatic amines is 1. The van der Waals surface area contributed by atoms with Crippen LogP contribution in [0, 0.1) is 5.82 Å². The summed E-state index contributed by atoms with van der Waals surface area (Å²) in [5.41, 5.74) is 0.115. The van der Waals surface area contributed by atoms with Crippen molar-refractivity contribution in [2.24, 2.45) is 0 Å². The molecule has 2 aromatic rings. The smallest absolute Gasteiger partial charge is 0.301 e. The lowest BCUT2D eigenvalue weighted by molar-refractivity contribution is 0.619. The first-order chi connectivity index (χ1) is 10.6. The molecule has 0 fully saturated rings. The predicted molar refractivity (Wildman–Crippen MR) is 86.3 cm³/mol. The van der Waals surface area contributed by atoms with Crippen LogP contribution >= 0.6 is 11.9 Å². The van der Waals surface area contributed by atoms with Crippen molar-refractivity contribution in [2.75, 3.05) is 5.75 Å². The van der Waals surface area contributed by atoms with Crippen LogP contribution in [0.25, 0.3) is 0 Å². The van der Waals surface area contributed by atoms with E-state index in [2.05, 4.69) is 9.71 Å². The highest BCUT2D eigenvalue weighted by Gasteiger charge is 2.05. The lowest BCUT2D eigenvalue weighted by atomic mass is 10.1. The number of aryl methyl sites for hydroxylation is 1. The average molecular weight is 323 g/mol.